The van der Waals surface area contributed by atoms with Gasteiger partial charge in [-0.25, -0.2) is 10.1 Å². The molecule has 2 heterocycles. The van der Waals surface area contributed by atoms with Gasteiger partial charge in [-0.15, -0.1) is 0 Å². The van der Waals surface area contributed by atoms with E-state index in [9.17, 15) is 14.7 Å². The predicted octanol–water partition coefficient (Wildman–Crippen LogP) is 5.79. The van der Waals surface area contributed by atoms with Crippen molar-refractivity contribution in [1.82, 2.24) is 20.2 Å². The number of carbonyl (C=O) groups excluding carboxylic acids is 1. The molecule has 8 rings (SSSR count). The SMILES string of the molecule is CCC1C(c2ccc(OC)c(O)c2)=c2ccccc2=c2ccc3c(c21)CCC(Cc1ccc(NC(=O)c2cnccn2)cc1)C=3.O=c1cccn[nH]1. The Balaban J connectivity index is 0.000000539. The standard InChI is InChI=1S/C39H35N3O3.C4H4N2O/c1-3-29-37(27-12-17-36(45-2)35(43)22-27)32-7-5-4-6-31(32)33-16-11-26-21-25(10-15-30(26)38(29)33)20-24-8-13-28(14-9-24)42-39(44)34-23-40-18-19-41-34;7-4-2-1-3-5-6-4/h4-9,11-14,16-19,21-23,25,29,43H,3,10,15,20H2,1-2H3,(H,42,44);1-3H,(H,6,7). The summed E-state index contributed by atoms with van der Waals surface area (Å²) in [6, 6.07) is 30.2. The molecule has 260 valence electrons. The zero-order valence-corrected chi connectivity index (χ0v) is 29.0. The van der Waals surface area contributed by atoms with Gasteiger partial charge in [0, 0.05) is 36.3 Å². The third kappa shape index (κ3) is 7.11. The molecule has 9 nitrogen and oxygen atoms in total. The lowest BCUT2D eigenvalue weighted by Crippen LogP contribution is -2.27. The highest BCUT2D eigenvalue weighted by molar-refractivity contribution is 6.02. The number of aromatic amines is 1. The first kappa shape index (κ1) is 34.1. The van der Waals surface area contributed by atoms with E-state index in [1.807, 2.05) is 24.3 Å². The number of carbonyl (C=O) groups is 1. The van der Waals surface area contributed by atoms with Crippen LogP contribution in [0.3, 0.4) is 0 Å². The average Bonchev–Trinajstić information content (AvgIpc) is 3.18. The van der Waals surface area contributed by atoms with E-state index < -0.39 is 0 Å². The van der Waals surface area contributed by atoms with Crippen LogP contribution in [0.5, 0.6) is 11.5 Å². The Bertz CT molecular complexity index is 2500. The molecule has 0 saturated carbocycles. The number of methoxy groups -OCH3 is 1. The van der Waals surface area contributed by atoms with Crippen LogP contribution >= 0.6 is 0 Å². The zero-order valence-electron chi connectivity index (χ0n) is 29.0. The number of phenolic OH excluding ortho intramolecular Hbond substituents is 1. The Morgan fingerprint density at radius 2 is 1.77 bits per heavy atom. The number of nitrogens with zero attached hydrogens (tertiary/aromatic N) is 3. The summed E-state index contributed by atoms with van der Waals surface area (Å²) < 4.78 is 5.35. The van der Waals surface area contributed by atoms with E-state index in [1.54, 1.807) is 19.4 Å². The smallest absolute Gasteiger partial charge is 0.275 e. The number of benzene rings is 4. The minimum atomic E-state index is -0.270. The molecule has 4 aromatic carbocycles. The lowest BCUT2D eigenvalue weighted by atomic mass is 9.74. The van der Waals surface area contributed by atoms with Gasteiger partial charge in [-0.3, -0.25) is 14.6 Å². The number of ether oxygens (including phenoxy) is 1. The van der Waals surface area contributed by atoms with Crippen LogP contribution in [0.25, 0.3) is 11.6 Å². The summed E-state index contributed by atoms with van der Waals surface area (Å²) in [5.41, 5.74) is 7.28. The molecule has 2 aliphatic carbocycles. The van der Waals surface area contributed by atoms with Crippen molar-refractivity contribution in [3.8, 4) is 11.5 Å². The summed E-state index contributed by atoms with van der Waals surface area (Å²) in [5.74, 6) is 1.01. The average molecular weight is 690 g/mol. The van der Waals surface area contributed by atoms with Crippen LogP contribution in [0.1, 0.15) is 58.4 Å². The zero-order chi connectivity index (χ0) is 36.0. The molecule has 9 heteroatoms. The number of aromatic hydroxyl groups is 1. The minimum Gasteiger partial charge on any atom is -0.504 e. The van der Waals surface area contributed by atoms with Crippen LogP contribution in [0.2, 0.25) is 0 Å². The third-order valence-electron chi connectivity index (χ3n) is 9.76. The normalized spacial score (nSPS) is 15.5. The second-order valence-corrected chi connectivity index (χ2v) is 12.9. The van der Waals surface area contributed by atoms with Crippen molar-refractivity contribution < 1.29 is 14.6 Å². The van der Waals surface area contributed by atoms with Crippen molar-refractivity contribution in [3.05, 3.63) is 175 Å². The first-order chi connectivity index (χ1) is 25.4. The van der Waals surface area contributed by atoms with Crippen LogP contribution in [0.15, 0.2) is 121 Å². The molecule has 3 N–H and O–H groups in total. The number of fused-ring (bicyclic) bond motifs is 4. The molecular formula is C43H39N5O4. The molecule has 0 saturated heterocycles. The molecule has 0 radical (unpaired) electrons. The Morgan fingerprint density at radius 3 is 2.44 bits per heavy atom. The van der Waals surface area contributed by atoms with Crippen molar-refractivity contribution in [1.29, 1.82) is 0 Å². The fourth-order valence-corrected chi connectivity index (χ4v) is 7.43. The third-order valence-corrected chi connectivity index (χ3v) is 9.76. The monoisotopic (exact) mass is 689 g/mol. The fraction of sp³-hybridized carbons (Fsp3) is 0.186. The number of hydrogen-bond acceptors (Lipinski definition) is 7. The minimum absolute atomic E-state index is 0.160. The number of amides is 1. The molecule has 52 heavy (non-hydrogen) atoms. The van der Waals surface area contributed by atoms with Crippen LogP contribution in [-0.2, 0) is 12.8 Å². The second-order valence-electron chi connectivity index (χ2n) is 12.9. The number of nitrogens with one attached hydrogen (secondary N) is 2. The molecule has 1 amide bonds. The molecular weight excluding hydrogens is 651 g/mol. The highest BCUT2D eigenvalue weighted by Gasteiger charge is 2.27. The maximum absolute atomic E-state index is 12.5. The first-order valence-corrected chi connectivity index (χ1v) is 17.4. The van der Waals surface area contributed by atoms with Crippen molar-refractivity contribution in [2.45, 2.75) is 38.5 Å². The lowest BCUT2D eigenvalue weighted by molar-refractivity contribution is 0.102. The highest BCUT2D eigenvalue weighted by atomic mass is 16.5. The van der Waals surface area contributed by atoms with Gasteiger partial charge in [0.1, 0.15) is 5.69 Å². The van der Waals surface area contributed by atoms with Gasteiger partial charge < -0.3 is 15.2 Å². The van der Waals surface area contributed by atoms with E-state index in [0.29, 0.717) is 17.4 Å². The van der Waals surface area contributed by atoms with E-state index in [-0.39, 0.29) is 23.1 Å². The van der Waals surface area contributed by atoms with Crippen molar-refractivity contribution in [2.24, 2.45) is 5.92 Å². The summed E-state index contributed by atoms with van der Waals surface area (Å²) in [5, 5.41) is 24.4. The molecule has 2 unspecified atom stereocenters. The van der Waals surface area contributed by atoms with E-state index in [0.717, 1.165) is 36.9 Å². The van der Waals surface area contributed by atoms with Crippen LogP contribution in [-0.4, -0.2) is 38.3 Å². The van der Waals surface area contributed by atoms with Crippen LogP contribution in [0.4, 0.5) is 5.69 Å². The second kappa shape index (κ2) is 15.3. The molecule has 2 aliphatic rings. The van der Waals surface area contributed by atoms with Gasteiger partial charge in [0.05, 0.1) is 13.3 Å². The van der Waals surface area contributed by atoms with E-state index in [1.165, 1.54) is 67.8 Å². The summed E-state index contributed by atoms with van der Waals surface area (Å²) in [6.45, 7) is 2.26. The highest BCUT2D eigenvalue weighted by Crippen LogP contribution is 2.40. The topological polar surface area (TPSA) is 130 Å². The Labute approximate surface area is 300 Å². The van der Waals surface area contributed by atoms with E-state index >= 15 is 0 Å². The predicted molar refractivity (Wildman–Crippen MR) is 201 cm³/mol. The number of rotatable bonds is 7. The van der Waals surface area contributed by atoms with Gasteiger partial charge in [-0.2, -0.15) is 5.10 Å². The van der Waals surface area contributed by atoms with Gasteiger partial charge in [-0.05, 0) is 111 Å². The first-order valence-electron chi connectivity index (χ1n) is 17.4. The summed E-state index contributed by atoms with van der Waals surface area (Å²) >= 11 is 0. The molecule has 0 aliphatic heterocycles. The number of H-pyrrole nitrogens is 1. The molecule has 0 spiro atoms. The number of aromatic nitrogens is 4. The number of anilines is 1. The summed E-state index contributed by atoms with van der Waals surface area (Å²) in [6.07, 6.45) is 12.5. The van der Waals surface area contributed by atoms with Crippen LogP contribution < -0.4 is 26.1 Å². The molecule has 2 aromatic heterocycles. The maximum Gasteiger partial charge on any atom is 0.275 e. The fourth-order valence-electron chi connectivity index (χ4n) is 7.43. The molecule has 0 bridgehead atoms. The quantitative estimate of drug-likeness (QED) is 0.194. The number of phenols is 1. The van der Waals surface area contributed by atoms with E-state index in [4.69, 9.17) is 4.74 Å². The maximum atomic E-state index is 12.5. The van der Waals surface area contributed by atoms with Gasteiger partial charge in [-0.1, -0.05) is 67.6 Å². The van der Waals surface area contributed by atoms with Crippen molar-refractivity contribution >= 4 is 23.2 Å². The van der Waals surface area contributed by atoms with Crippen molar-refractivity contribution in [2.75, 3.05) is 12.4 Å². The van der Waals surface area contributed by atoms with Gasteiger partial charge in [0.25, 0.3) is 11.5 Å². The summed E-state index contributed by atoms with van der Waals surface area (Å²) in [4.78, 5) is 30.6. The Hall–Kier alpha value is -6.35. The molecule has 0 fully saturated rings. The Kier molecular flexibility index (Phi) is 10.0. The van der Waals surface area contributed by atoms with E-state index in [2.05, 4.69) is 93.1 Å². The summed E-state index contributed by atoms with van der Waals surface area (Å²) in [7, 11) is 1.58. The van der Waals surface area contributed by atoms with Gasteiger partial charge in [0.15, 0.2) is 11.5 Å². The largest absolute Gasteiger partial charge is 0.504 e. The van der Waals surface area contributed by atoms with Crippen LogP contribution in [0, 0.1) is 16.4 Å². The van der Waals surface area contributed by atoms with Crippen molar-refractivity contribution in [3.63, 3.8) is 0 Å². The molecule has 2 atom stereocenters. The number of hydrogen-bond donors (Lipinski definition) is 3. The van der Waals surface area contributed by atoms with Gasteiger partial charge >= 0.3 is 0 Å². The lowest BCUT2D eigenvalue weighted by Gasteiger charge is -2.29. The molecule has 6 aromatic rings. The Morgan fingerprint density at radius 1 is 0.942 bits per heavy atom. The van der Waals surface area contributed by atoms with Gasteiger partial charge in [0.2, 0.25) is 0 Å².